The highest BCUT2D eigenvalue weighted by Crippen LogP contribution is 2.30. The Labute approximate surface area is 131 Å². The van der Waals surface area contributed by atoms with E-state index in [1.54, 1.807) is 30.3 Å². The normalized spacial score (nSPS) is 12.5. The standard InChI is InChI=1S/C17H14F3NO2/c1-11(15(22)12-6-3-2-4-7-12)16(23)21-14-9-5-8-13(10-14)17(18,19)20/h2-11H,1H3,(H,21,23). The Kier molecular flexibility index (Phi) is 4.83. The van der Waals surface area contributed by atoms with E-state index in [4.69, 9.17) is 0 Å². The van der Waals surface area contributed by atoms with E-state index in [2.05, 4.69) is 5.32 Å². The molecule has 0 heterocycles. The van der Waals surface area contributed by atoms with E-state index in [1.165, 1.54) is 19.1 Å². The van der Waals surface area contributed by atoms with Gasteiger partial charge in [0.2, 0.25) is 5.91 Å². The molecule has 1 unspecified atom stereocenters. The largest absolute Gasteiger partial charge is 0.416 e. The number of ketones is 1. The minimum atomic E-state index is -4.49. The smallest absolute Gasteiger partial charge is 0.325 e. The van der Waals surface area contributed by atoms with E-state index < -0.39 is 29.3 Å². The lowest BCUT2D eigenvalue weighted by molar-refractivity contribution is -0.137. The van der Waals surface area contributed by atoms with Crippen LogP contribution in [0.4, 0.5) is 18.9 Å². The second kappa shape index (κ2) is 6.64. The Morgan fingerprint density at radius 3 is 2.26 bits per heavy atom. The van der Waals surface area contributed by atoms with E-state index in [0.29, 0.717) is 5.56 Å². The van der Waals surface area contributed by atoms with Crippen LogP contribution in [0.3, 0.4) is 0 Å². The zero-order valence-electron chi connectivity index (χ0n) is 12.2. The van der Waals surface area contributed by atoms with Crippen molar-refractivity contribution in [3.8, 4) is 0 Å². The summed E-state index contributed by atoms with van der Waals surface area (Å²) in [6.45, 7) is 1.41. The molecular weight excluding hydrogens is 307 g/mol. The summed E-state index contributed by atoms with van der Waals surface area (Å²) in [5, 5.41) is 2.35. The average molecular weight is 321 g/mol. The number of alkyl halides is 3. The van der Waals surface area contributed by atoms with Gasteiger partial charge in [0.05, 0.1) is 11.5 Å². The molecule has 120 valence electrons. The van der Waals surface area contributed by atoms with Gasteiger partial charge in [0.15, 0.2) is 5.78 Å². The van der Waals surface area contributed by atoms with Crippen molar-refractivity contribution in [3.63, 3.8) is 0 Å². The summed E-state index contributed by atoms with van der Waals surface area (Å²) in [6.07, 6.45) is -4.49. The van der Waals surface area contributed by atoms with Gasteiger partial charge in [-0.15, -0.1) is 0 Å². The van der Waals surface area contributed by atoms with E-state index in [0.717, 1.165) is 12.1 Å². The minimum Gasteiger partial charge on any atom is -0.325 e. The molecule has 1 amide bonds. The molecule has 2 rings (SSSR count). The Hall–Kier alpha value is -2.63. The summed E-state index contributed by atoms with van der Waals surface area (Å²) in [6, 6.07) is 12.5. The number of rotatable bonds is 4. The summed E-state index contributed by atoms with van der Waals surface area (Å²) in [4.78, 5) is 24.2. The molecule has 2 aromatic carbocycles. The van der Waals surface area contributed by atoms with E-state index in [9.17, 15) is 22.8 Å². The van der Waals surface area contributed by atoms with Crippen LogP contribution in [0.15, 0.2) is 54.6 Å². The van der Waals surface area contributed by atoms with Crippen molar-refractivity contribution in [2.45, 2.75) is 13.1 Å². The third kappa shape index (κ3) is 4.18. The molecule has 0 saturated heterocycles. The lowest BCUT2D eigenvalue weighted by atomic mass is 9.98. The van der Waals surface area contributed by atoms with Crippen LogP contribution in [0.1, 0.15) is 22.8 Å². The van der Waals surface area contributed by atoms with Gasteiger partial charge in [0, 0.05) is 11.3 Å². The molecule has 0 aliphatic carbocycles. The number of carbonyl (C=O) groups excluding carboxylic acids is 2. The van der Waals surface area contributed by atoms with Crippen LogP contribution in [-0.2, 0) is 11.0 Å². The van der Waals surface area contributed by atoms with Gasteiger partial charge in [-0.2, -0.15) is 13.2 Å². The van der Waals surface area contributed by atoms with Crippen LogP contribution < -0.4 is 5.32 Å². The molecule has 0 aliphatic rings. The molecule has 0 spiro atoms. The highest BCUT2D eigenvalue weighted by Gasteiger charge is 2.31. The summed E-state index contributed by atoms with van der Waals surface area (Å²) in [5.41, 5.74) is -0.492. The van der Waals surface area contributed by atoms with Gasteiger partial charge in [-0.05, 0) is 25.1 Å². The molecule has 0 saturated carbocycles. The zero-order chi connectivity index (χ0) is 17.0. The van der Waals surface area contributed by atoms with Crippen LogP contribution >= 0.6 is 0 Å². The first-order valence-corrected chi connectivity index (χ1v) is 6.86. The fraction of sp³-hybridized carbons (Fsp3) is 0.176. The molecule has 0 radical (unpaired) electrons. The number of amides is 1. The van der Waals surface area contributed by atoms with Gasteiger partial charge < -0.3 is 5.32 Å². The topological polar surface area (TPSA) is 46.2 Å². The molecule has 3 nitrogen and oxygen atoms in total. The third-order valence-electron chi connectivity index (χ3n) is 3.30. The van der Waals surface area contributed by atoms with Crippen molar-refractivity contribution in [1.82, 2.24) is 0 Å². The van der Waals surface area contributed by atoms with Crippen LogP contribution in [0, 0.1) is 5.92 Å². The van der Waals surface area contributed by atoms with Crippen LogP contribution in [-0.4, -0.2) is 11.7 Å². The van der Waals surface area contributed by atoms with Crippen molar-refractivity contribution in [2.75, 3.05) is 5.32 Å². The van der Waals surface area contributed by atoms with Gasteiger partial charge in [-0.1, -0.05) is 36.4 Å². The molecule has 1 atom stereocenters. The molecule has 2 aromatic rings. The van der Waals surface area contributed by atoms with Crippen LogP contribution in [0.2, 0.25) is 0 Å². The third-order valence-corrected chi connectivity index (χ3v) is 3.30. The first-order chi connectivity index (χ1) is 10.8. The second-order valence-corrected chi connectivity index (χ2v) is 5.02. The number of carbonyl (C=O) groups is 2. The summed E-state index contributed by atoms with van der Waals surface area (Å²) < 4.78 is 37.9. The number of hydrogen-bond donors (Lipinski definition) is 1. The predicted molar refractivity (Wildman–Crippen MR) is 80.0 cm³/mol. The maximum atomic E-state index is 12.6. The zero-order valence-corrected chi connectivity index (χ0v) is 12.2. The van der Waals surface area contributed by atoms with Gasteiger partial charge in [-0.25, -0.2) is 0 Å². The molecule has 1 N–H and O–H groups in total. The van der Waals surface area contributed by atoms with Crippen molar-refractivity contribution in [1.29, 1.82) is 0 Å². The molecule has 0 aliphatic heterocycles. The molecule has 6 heteroatoms. The quantitative estimate of drug-likeness (QED) is 0.679. The maximum absolute atomic E-state index is 12.6. The molecular formula is C17H14F3NO2. The fourth-order valence-corrected chi connectivity index (χ4v) is 2.00. The van der Waals surface area contributed by atoms with Crippen molar-refractivity contribution < 1.29 is 22.8 Å². The van der Waals surface area contributed by atoms with E-state index in [-0.39, 0.29) is 5.69 Å². The Morgan fingerprint density at radius 1 is 1.00 bits per heavy atom. The fourth-order valence-electron chi connectivity index (χ4n) is 2.00. The van der Waals surface area contributed by atoms with Gasteiger partial charge in [0.1, 0.15) is 0 Å². The van der Waals surface area contributed by atoms with Crippen molar-refractivity contribution in [2.24, 2.45) is 5.92 Å². The summed E-state index contributed by atoms with van der Waals surface area (Å²) in [7, 11) is 0. The van der Waals surface area contributed by atoms with Crippen LogP contribution in [0.5, 0.6) is 0 Å². The number of benzene rings is 2. The Morgan fingerprint density at radius 2 is 1.65 bits per heavy atom. The van der Waals surface area contributed by atoms with Crippen LogP contribution in [0.25, 0.3) is 0 Å². The molecule has 0 aromatic heterocycles. The summed E-state index contributed by atoms with van der Waals surface area (Å²) >= 11 is 0. The summed E-state index contributed by atoms with van der Waals surface area (Å²) in [5.74, 6) is -2.06. The van der Waals surface area contributed by atoms with E-state index in [1.807, 2.05) is 0 Å². The number of hydrogen-bond acceptors (Lipinski definition) is 2. The lowest BCUT2D eigenvalue weighted by Crippen LogP contribution is -2.27. The highest BCUT2D eigenvalue weighted by molar-refractivity contribution is 6.13. The minimum absolute atomic E-state index is 0.00228. The Bertz CT molecular complexity index is 711. The highest BCUT2D eigenvalue weighted by atomic mass is 19.4. The molecule has 0 bridgehead atoms. The average Bonchev–Trinajstić information content (AvgIpc) is 2.53. The van der Waals surface area contributed by atoms with Gasteiger partial charge in [-0.3, -0.25) is 9.59 Å². The number of nitrogens with one attached hydrogen (secondary N) is 1. The van der Waals surface area contributed by atoms with Gasteiger partial charge >= 0.3 is 6.18 Å². The first kappa shape index (κ1) is 16.7. The van der Waals surface area contributed by atoms with E-state index >= 15 is 0 Å². The maximum Gasteiger partial charge on any atom is 0.416 e. The van der Waals surface area contributed by atoms with Gasteiger partial charge in [0.25, 0.3) is 0 Å². The second-order valence-electron chi connectivity index (χ2n) is 5.02. The monoisotopic (exact) mass is 321 g/mol. The SMILES string of the molecule is CC(C(=O)Nc1cccc(C(F)(F)F)c1)C(=O)c1ccccc1. The first-order valence-electron chi connectivity index (χ1n) is 6.86. The number of anilines is 1. The predicted octanol–water partition coefficient (Wildman–Crippen LogP) is 4.16. The molecule has 23 heavy (non-hydrogen) atoms. The number of halogens is 3. The van der Waals surface area contributed by atoms with Crippen molar-refractivity contribution >= 4 is 17.4 Å². The number of Topliss-reactive ketones (excluding diaryl/α,β-unsaturated/α-hetero) is 1. The Balaban J connectivity index is 2.11. The van der Waals surface area contributed by atoms with Crippen molar-refractivity contribution in [3.05, 3.63) is 65.7 Å². The lowest BCUT2D eigenvalue weighted by Gasteiger charge is -2.13. The molecule has 0 fully saturated rings.